The van der Waals surface area contributed by atoms with E-state index in [2.05, 4.69) is 6.92 Å². The molecular weight excluding hydrogens is 222 g/mol. The number of nitrogens with zero attached hydrogens (tertiary/aromatic N) is 1. The summed E-state index contributed by atoms with van der Waals surface area (Å²) in [6.45, 7) is 3.41. The maximum atomic E-state index is 12.0. The number of amides is 1. The van der Waals surface area contributed by atoms with Crippen LogP contribution in [0.3, 0.4) is 0 Å². The minimum Gasteiger partial charge on any atom is -0.395 e. The molecule has 1 amide bonds. The van der Waals surface area contributed by atoms with Gasteiger partial charge in [-0.1, -0.05) is 6.92 Å². The normalized spacial score (nSPS) is 17.4. The van der Waals surface area contributed by atoms with Gasteiger partial charge in [0, 0.05) is 19.5 Å². The van der Waals surface area contributed by atoms with Crippen LogP contribution in [0.4, 0.5) is 0 Å². The fourth-order valence-corrected chi connectivity index (χ4v) is 3.28. The number of aliphatic hydroxyl groups excluding tert-OH is 1. The third kappa shape index (κ3) is 4.74. The van der Waals surface area contributed by atoms with Crippen LogP contribution in [0.25, 0.3) is 0 Å². The van der Waals surface area contributed by atoms with Crippen molar-refractivity contribution in [2.45, 2.75) is 32.6 Å². The smallest absolute Gasteiger partial charge is 0.222 e. The van der Waals surface area contributed by atoms with Crippen molar-refractivity contribution >= 4 is 17.7 Å². The molecule has 0 aromatic carbocycles. The number of rotatable bonds is 6. The maximum Gasteiger partial charge on any atom is 0.222 e. The number of carbonyl (C=O) groups excluding carboxylic acids is 1. The molecule has 1 rings (SSSR count). The SMILES string of the molecule is CCCN(CCO)C(=O)CC1CCSCC1. The van der Waals surface area contributed by atoms with Gasteiger partial charge in [-0.05, 0) is 36.7 Å². The van der Waals surface area contributed by atoms with Crippen molar-refractivity contribution in [3.63, 3.8) is 0 Å². The molecule has 1 fully saturated rings. The van der Waals surface area contributed by atoms with Gasteiger partial charge in [0.1, 0.15) is 0 Å². The molecule has 0 atom stereocenters. The topological polar surface area (TPSA) is 40.5 Å². The highest BCUT2D eigenvalue weighted by Crippen LogP contribution is 2.25. The van der Waals surface area contributed by atoms with Gasteiger partial charge in [-0.15, -0.1) is 0 Å². The standard InChI is InChI=1S/C12H23NO2S/c1-2-5-13(6-7-14)12(15)10-11-3-8-16-9-4-11/h11,14H,2-10H2,1H3. The Balaban J connectivity index is 2.34. The molecule has 94 valence electrons. The molecule has 1 aliphatic heterocycles. The molecule has 4 heteroatoms. The van der Waals surface area contributed by atoms with Gasteiger partial charge >= 0.3 is 0 Å². The second-order valence-corrected chi connectivity index (χ2v) is 5.59. The Kier molecular flexibility index (Phi) is 6.88. The average molecular weight is 245 g/mol. The van der Waals surface area contributed by atoms with E-state index < -0.39 is 0 Å². The monoisotopic (exact) mass is 245 g/mol. The number of carbonyl (C=O) groups is 1. The lowest BCUT2D eigenvalue weighted by atomic mass is 9.98. The second kappa shape index (κ2) is 7.96. The summed E-state index contributed by atoms with van der Waals surface area (Å²) in [5, 5.41) is 8.92. The van der Waals surface area contributed by atoms with Gasteiger partial charge in [-0.3, -0.25) is 4.79 Å². The lowest BCUT2D eigenvalue weighted by Crippen LogP contribution is -2.35. The van der Waals surface area contributed by atoms with Crippen molar-refractivity contribution in [1.29, 1.82) is 0 Å². The Morgan fingerprint density at radius 1 is 1.38 bits per heavy atom. The van der Waals surface area contributed by atoms with Crippen LogP contribution in [0.5, 0.6) is 0 Å². The summed E-state index contributed by atoms with van der Waals surface area (Å²) in [5.74, 6) is 3.21. The van der Waals surface area contributed by atoms with E-state index in [1.54, 1.807) is 0 Å². The molecule has 1 heterocycles. The van der Waals surface area contributed by atoms with E-state index in [4.69, 9.17) is 5.11 Å². The molecule has 0 aliphatic carbocycles. The van der Waals surface area contributed by atoms with Crippen LogP contribution < -0.4 is 0 Å². The van der Waals surface area contributed by atoms with Crippen molar-refractivity contribution in [2.24, 2.45) is 5.92 Å². The predicted octanol–water partition coefficient (Wildman–Crippen LogP) is 1.75. The van der Waals surface area contributed by atoms with Crippen LogP contribution in [0, 0.1) is 5.92 Å². The quantitative estimate of drug-likeness (QED) is 0.775. The van der Waals surface area contributed by atoms with E-state index >= 15 is 0 Å². The molecule has 1 N–H and O–H groups in total. The molecule has 0 radical (unpaired) electrons. The second-order valence-electron chi connectivity index (χ2n) is 4.36. The highest BCUT2D eigenvalue weighted by Gasteiger charge is 2.20. The van der Waals surface area contributed by atoms with Crippen LogP contribution in [-0.2, 0) is 4.79 Å². The molecular formula is C12H23NO2S. The zero-order valence-electron chi connectivity index (χ0n) is 10.2. The molecule has 0 bridgehead atoms. The van der Waals surface area contributed by atoms with Crippen molar-refractivity contribution in [2.75, 3.05) is 31.2 Å². The van der Waals surface area contributed by atoms with E-state index in [0.29, 0.717) is 18.9 Å². The summed E-state index contributed by atoms with van der Waals surface area (Å²) in [4.78, 5) is 13.8. The first-order chi connectivity index (χ1) is 7.77. The van der Waals surface area contributed by atoms with Gasteiger partial charge in [-0.25, -0.2) is 0 Å². The van der Waals surface area contributed by atoms with E-state index in [-0.39, 0.29) is 12.5 Å². The maximum absolute atomic E-state index is 12.0. The average Bonchev–Trinajstić information content (AvgIpc) is 2.30. The van der Waals surface area contributed by atoms with E-state index in [1.165, 1.54) is 24.3 Å². The minimum absolute atomic E-state index is 0.0757. The molecule has 0 saturated carbocycles. The summed E-state index contributed by atoms with van der Waals surface area (Å²) in [6.07, 6.45) is 4.00. The molecule has 1 saturated heterocycles. The molecule has 1 aliphatic rings. The number of aliphatic hydroxyl groups is 1. The Morgan fingerprint density at radius 2 is 2.06 bits per heavy atom. The lowest BCUT2D eigenvalue weighted by molar-refractivity contribution is -0.132. The highest BCUT2D eigenvalue weighted by molar-refractivity contribution is 7.99. The summed E-state index contributed by atoms with van der Waals surface area (Å²) in [5.41, 5.74) is 0. The van der Waals surface area contributed by atoms with Crippen LogP contribution in [0.1, 0.15) is 32.6 Å². The first-order valence-electron chi connectivity index (χ1n) is 6.24. The van der Waals surface area contributed by atoms with Gasteiger partial charge in [0.25, 0.3) is 0 Å². The zero-order chi connectivity index (χ0) is 11.8. The zero-order valence-corrected chi connectivity index (χ0v) is 11.0. The fourth-order valence-electron chi connectivity index (χ4n) is 2.08. The molecule has 3 nitrogen and oxygen atoms in total. The molecule has 0 aromatic rings. The Bertz CT molecular complexity index is 199. The van der Waals surface area contributed by atoms with Crippen LogP contribution in [-0.4, -0.2) is 47.1 Å². The van der Waals surface area contributed by atoms with Crippen LogP contribution >= 0.6 is 11.8 Å². The van der Waals surface area contributed by atoms with Crippen molar-refractivity contribution in [1.82, 2.24) is 4.90 Å². The fraction of sp³-hybridized carbons (Fsp3) is 0.917. The highest BCUT2D eigenvalue weighted by atomic mass is 32.2. The van der Waals surface area contributed by atoms with E-state index in [1.807, 2.05) is 16.7 Å². The molecule has 0 unspecified atom stereocenters. The lowest BCUT2D eigenvalue weighted by Gasteiger charge is -2.26. The number of hydrogen-bond donors (Lipinski definition) is 1. The number of hydrogen-bond acceptors (Lipinski definition) is 3. The minimum atomic E-state index is 0.0757. The number of thioether (sulfide) groups is 1. The Morgan fingerprint density at radius 3 is 2.62 bits per heavy atom. The van der Waals surface area contributed by atoms with Crippen LogP contribution in [0.2, 0.25) is 0 Å². The summed E-state index contributed by atoms with van der Waals surface area (Å²) in [7, 11) is 0. The first-order valence-corrected chi connectivity index (χ1v) is 7.39. The molecule has 0 aromatic heterocycles. The van der Waals surface area contributed by atoms with Gasteiger partial charge in [-0.2, -0.15) is 11.8 Å². The van der Waals surface area contributed by atoms with Crippen molar-refractivity contribution < 1.29 is 9.90 Å². The van der Waals surface area contributed by atoms with Crippen LogP contribution in [0.15, 0.2) is 0 Å². The molecule has 16 heavy (non-hydrogen) atoms. The van der Waals surface area contributed by atoms with E-state index in [0.717, 1.165) is 13.0 Å². The third-order valence-corrected chi connectivity index (χ3v) is 4.07. The van der Waals surface area contributed by atoms with Gasteiger partial charge < -0.3 is 10.0 Å². The molecule has 0 spiro atoms. The third-order valence-electron chi connectivity index (χ3n) is 3.02. The van der Waals surface area contributed by atoms with Gasteiger partial charge in [0.05, 0.1) is 6.61 Å². The Hall–Kier alpha value is -0.220. The van der Waals surface area contributed by atoms with Gasteiger partial charge in [0.2, 0.25) is 5.91 Å². The predicted molar refractivity (Wildman–Crippen MR) is 68.6 cm³/mol. The first kappa shape index (κ1) is 13.8. The largest absolute Gasteiger partial charge is 0.395 e. The van der Waals surface area contributed by atoms with Gasteiger partial charge in [0.15, 0.2) is 0 Å². The summed E-state index contributed by atoms with van der Waals surface area (Å²) < 4.78 is 0. The van der Waals surface area contributed by atoms with Crippen molar-refractivity contribution in [3.05, 3.63) is 0 Å². The summed E-state index contributed by atoms with van der Waals surface area (Å²) >= 11 is 1.99. The summed E-state index contributed by atoms with van der Waals surface area (Å²) in [6, 6.07) is 0. The van der Waals surface area contributed by atoms with E-state index in [9.17, 15) is 4.79 Å². The Labute approximate surface area is 103 Å². The van der Waals surface area contributed by atoms with Crippen molar-refractivity contribution in [3.8, 4) is 0 Å².